The summed E-state index contributed by atoms with van der Waals surface area (Å²) in [5, 5.41) is 0. The first-order valence-corrected chi connectivity index (χ1v) is 3.19. The molecule has 0 aromatic carbocycles. The lowest BCUT2D eigenvalue weighted by molar-refractivity contribution is -0.152. The van der Waals surface area contributed by atoms with Crippen molar-refractivity contribution in [2.45, 2.75) is 20.1 Å². The molecule has 0 aliphatic carbocycles. The lowest BCUT2D eigenvalue weighted by Gasteiger charge is -2.17. The van der Waals surface area contributed by atoms with E-state index in [1.54, 1.807) is 6.92 Å². The fraction of sp³-hybridized carbons (Fsp3) is 0.857. The van der Waals surface area contributed by atoms with Gasteiger partial charge in [-0.05, 0) is 6.92 Å². The lowest BCUT2D eigenvalue weighted by Crippen LogP contribution is -2.27. The third-order valence-corrected chi connectivity index (χ3v) is 1.51. The van der Waals surface area contributed by atoms with Crippen LogP contribution in [-0.4, -0.2) is 26.3 Å². The Labute approximate surface area is 61.3 Å². The number of hydrogen-bond acceptors (Lipinski definition) is 3. The van der Waals surface area contributed by atoms with E-state index < -0.39 is 6.29 Å². The molecular weight excluding hydrogens is 132 g/mol. The van der Waals surface area contributed by atoms with Gasteiger partial charge in [0.15, 0.2) is 6.29 Å². The van der Waals surface area contributed by atoms with Gasteiger partial charge in [-0.3, -0.25) is 4.79 Å². The molecule has 1 atom stereocenters. The molecule has 0 aromatic rings. The summed E-state index contributed by atoms with van der Waals surface area (Å²) in [6.07, 6.45) is -0.405. The number of ketones is 1. The van der Waals surface area contributed by atoms with Crippen LogP contribution in [0.1, 0.15) is 13.8 Å². The summed E-state index contributed by atoms with van der Waals surface area (Å²) in [6, 6.07) is 0. The van der Waals surface area contributed by atoms with Crippen molar-refractivity contribution in [3.05, 3.63) is 0 Å². The molecule has 0 bridgehead atoms. The molecule has 0 aliphatic rings. The number of hydrogen-bond donors (Lipinski definition) is 0. The summed E-state index contributed by atoms with van der Waals surface area (Å²) < 4.78 is 9.76. The van der Waals surface area contributed by atoms with E-state index in [0.717, 1.165) is 0 Å². The zero-order valence-electron chi connectivity index (χ0n) is 6.88. The Morgan fingerprint density at radius 2 is 1.70 bits per heavy atom. The Bertz CT molecular complexity index is 107. The maximum Gasteiger partial charge on any atom is 0.166 e. The van der Waals surface area contributed by atoms with Gasteiger partial charge in [0.05, 0.1) is 5.92 Å². The van der Waals surface area contributed by atoms with Crippen LogP contribution in [0.2, 0.25) is 0 Å². The van der Waals surface area contributed by atoms with Crippen LogP contribution in [-0.2, 0) is 14.3 Å². The highest BCUT2D eigenvalue weighted by molar-refractivity contribution is 5.78. The number of rotatable bonds is 4. The molecule has 60 valence electrons. The molecule has 3 heteroatoms. The van der Waals surface area contributed by atoms with Gasteiger partial charge >= 0.3 is 0 Å². The topological polar surface area (TPSA) is 35.5 Å². The van der Waals surface area contributed by atoms with Crippen LogP contribution in [0.15, 0.2) is 0 Å². The minimum atomic E-state index is -0.405. The Balaban J connectivity index is 3.88. The van der Waals surface area contributed by atoms with Crippen molar-refractivity contribution in [2.24, 2.45) is 5.92 Å². The molecule has 0 amide bonds. The molecule has 10 heavy (non-hydrogen) atoms. The van der Waals surface area contributed by atoms with Gasteiger partial charge in [0, 0.05) is 14.2 Å². The Morgan fingerprint density at radius 1 is 1.30 bits per heavy atom. The van der Waals surface area contributed by atoms with Crippen LogP contribution in [0.5, 0.6) is 0 Å². The Morgan fingerprint density at radius 3 is 1.80 bits per heavy atom. The normalized spacial score (nSPS) is 13.7. The SMILES string of the molecule is COC(OC)[C@@H](C)C(C)=O. The number of carbonyl (C=O) groups excluding carboxylic acids is 1. The highest BCUT2D eigenvalue weighted by Crippen LogP contribution is 2.07. The van der Waals surface area contributed by atoms with Gasteiger partial charge in [-0.25, -0.2) is 0 Å². The van der Waals surface area contributed by atoms with Gasteiger partial charge in [0.1, 0.15) is 5.78 Å². The van der Waals surface area contributed by atoms with E-state index in [0.29, 0.717) is 0 Å². The van der Waals surface area contributed by atoms with Crippen LogP contribution < -0.4 is 0 Å². The molecule has 0 aromatic heterocycles. The molecule has 0 saturated carbocycles. The number of ether oxygens (including phenoxy) is 2. The van der Waals surface area contributed by atoms with E-state index in [4.69, 9.17) is 9.47 Å². The fourth-order valence-corrected chi connectivity index (χ4v) is 0.696. The molecule has 0 heterocycles. The minimum absolute atomic E-state index is 0.0775. The Hall–Kier alpha value is -0.410. The lowest BCUT2D eigenvalue weighted by atomic mass is 10.1. The largest absolute Gasteiger partial charge is 0.355 e. The van der Waals surface area contributed by atoms with Gasteiger partial charge in [0.25, 0.3) is 0 Å². The standard InChI is InChI=1S/C7H14O3/c1-5(6(2)8)7(9-3)10-4/h5,7H,1-4H3/t5-/m0/s1. The molecule has 0 spiro atoms. The Kier molecular flexibility index (Phi) is 4.23. The zero-order valence-corrected chi connectivity index (χ0v) is 6.88. The monoisotopic (exact) mass is 146 g/mol. The van der Waals surface area contributed by atoms with E-state index in [2.05, 4.69) is 0 Å². The summed E-state index contributed by atoms with van der Waals surface area (Å²) in [6.45, 7) is 3.30. The van der Waals surface area contributed by atoms with Crippen molar-refractivity contribution in [3.63, 3.8) is 0 Å². The second kappa shape index (κ2) is 4.41. The van der Waals surface area contributed by atoms with Crippen molar-refractivity contribution in [1.82, 2.24) is 0 Å². The smallest absolute Gasteiger partial charge is 0.166 e. The summed E-state index contributed by atoms with van der Waals surface area (Å²) in [5.74, 6) is -0.108. The number of carbonyl (C=O) groups is 1. The second-order valence-corrected chi connectivity index (χ2v) is 2.24. The van der Waals surface area contributed by atoms with Crippen molar-refractivity contribution in [2.75, 3.05) is 14.2 Å². The predicted molar refractivity (Wildman–Crippen MR) is 37.7 cm³/mol. The maximum atomic E-state index is 10.7. The van der Waals surface area contributed by atoms with Crippen LogP contribution in [0, 0.1) is 5.92 Å². The first-order chi connectivity index (χ1) is 4.63. The summed E-state index contributed by atoms with van der Waals surface area (Å²) in [7, 11) is 3.04. The summed E-state index contributed by atoms with van der Waals surface area (Å²) >= 11 is 0. The number of methoxy groups -OCH3 is 2. The van der Waals surface area contributed by atoms with E-state index in [1.807, 2.05) is 0 Å². The van der Waals surface area contributed by atoms with Crippen LogP contribution in [0.3, 0.4) is 0 Å². The van der Waals surface area contributed by atoms with Crippen LogP contribution in [0.4, 0.5) is 0 Å². The molecule has 0 unspecified atom stereocenters. The van der Waals surface area contributed by atoms with E-state index in [1.165, 1.54) is 21.1 Å². The molecule has 0 saturated heterocycles. The van der Waals surface area contributed by atoms with Crippen LogP contribution in [0.25, 0.3) is 0 Å². The van der Waals surface area contributed by atoms with Gasteiger partial charge in [-0.1, -0.05) is 6.92 Å². The second-order valence-electron chi connectivity index (χ2n) is 2.24. The van der Waals surface area contributed by atoms with E-state index in [-0.39, 0.29) is 11.7 Å². The van der Waals surface area contributed by atoms with Crippen molar-refractivity contribution in [1.29, 1.82) is 0 Å². The fourth-order valence-electron chi connectivity index (χ4n) is 0.696. The summed E-state index contributed by atoms with van der Waals surface area (Å²) in [5.41, 5.74) is 0. The predicted octanol–water partition coefficient (Wildman–Crippen LogP) is 0.830. The van der Waals surface area contributed by atoms with Gasteiger partial charge in [0.2, 0.25) is 0 Å². The highest BCUT2D eigenvalue weighted by Gasteiger charge is 2.19. The van der Waals surface area contributed by atoms with Gasteiger partial charge < -0.3 is 9.47 Å². The third kappa shape index (κ3) is 2.45. The van der Waals surface area contributed by atoms with Gasteiger partial charge in [-0.15, -0.1) is 0 Å². The molecule has 0 radical (unpaired) electrons. The molecule has 0 fully saturated rings. The zero-order chi connectivity index (χ0) is 8.15. The average molecular weight is 146 g/mol. The number of Topliss-reactive ketones (excluding diaryl/α,β-unsaturated/α-hetero) is 1. The first kappa shape index (κ1) is 9.59. The minimum Gasteiger partial charge on any atom is -0.355 e. The first-order valence-electron chi connectivity index (χ1n) is 3.19. The molecular formula is C7H14O3. The van der Waals surface area contributed by atoms with E-state index in [9.17, 15) is 4.79 Å². The molecule has 3 nitrogen and oxygen atoms in total. The van der Waals surface area contributed by atoms with Crippen molar-refractivity contribution < 1.29 is 14.3 Å². The van der Waals surface area contributed by atoms with Gasteiger partial charge in [-0.2, -0.15) is 0 Å². The maximum absolute atomic E-state index is 10.7. The highest BCUT2D eigenvalue weighted by atomic mass is 16.7. The quantitative estimate of drug-likeness (QED) is 0.551. The van der Waals surface area contributed by atoms with Crippen molar-refractivity contribution >= 4 is 5.78 Å². The third-order valence-electron chi connectivity index (χ3n) is 1.51. The molecule has 0 rings (SSSR count). The van der Waals surface area contributed by atoms with E-state index >= 15 is 0 Å². The molecule has 0 aliphatic heterocycles. The summed E-state index contributed by atoms with van der Waals surface area (Å²) in [4.78, 5) is 10.7. The molecule has 0 N–H and O–H groups in total. The van der Waals surface area contributed by atoms with Crippen LogP contribution >= 0.6 is 0 Å². The average Bonchev–Trinajstić information content (AvgIpc) is 1.90. The van der Waals surface area contributed by atoms with Crippen molar-refractivity contribution in [3.8, 4) is 0 Å².